The molecule has 2 nitrogen and oxygen atoms in total. The van der Waals surface area contributed by atoms with Crippen LogP contribution in [0.5, 0.6) is 5.75 Å². The lowest BCUT2D eigenvalue weighted by Gasteiger charge is -2.30. The number of methoxy groups -OCH3 is 1. The maximum atomic E-state index is 5.28. The average molecular weight is 273 g/mol. The Balaban J connectivity index is 1.42. The lowest BCUT2D eigenvalue weighted by Crippen LogP contribution is -2.35. The summed E-state index contributed by atoms with van der Waals surface area (Å²) in [5.41, 5.74) is 1.37. The number of ether oxygens (including phenoxy) is 1. The molecule has 20 heavy (non-hydrogen) atoms. The molecule has 1 N–H and O–H groups in total. The van der Waals surface area contributed by atoms with Crippen LogP contribution in [0.3, 0.4) is 0 Å². The third-order valence-corrected chi connectivity index (χ3v) is 4.98. The van der Waals surface area contributed by atoms with E-state index in [1.807, 2.05) is 6.07 Å². The molecule has 0 spiro atoms. The Morgan fingerprint density at radius 3 is 2.85 bits per heavy atom. The fourth-order valence-corrected chi connectivity index (χ4v) is 3.66. The second-order valence-electron chi connectivity index (χ2n) is 6.52. The lowest BCUT2D eigenvalue weighted by atomic mass is 9.82. The molecule has 1 aromatic carbocycles. The van der Waals surface area contributed by atoms with Crippen molar-refractivity contribution in [3.8, 4) is 5.75 Å². The summed E-state index contributed by atoms with van der Waals surface area (Å²) in [4.78, 5) is 0. The van der Waals surface area contributed by atoms with Crippen LogP contribution in [0.2, 0.25) is 0 Å². The van der Waals surface area contributed by atoms with Crippen LogP contribution in [0.1, 0.15) is 44.1 Å². The zero-order valence-electron chi connectivity index (χ0n) is 12.6. The van der Waals surface area contributed by atoms with E-state index in [1.54, 1.807) is 7.11 Å². The molecule has 2 atom stereocenters. The molecule has 0 aromatic heterocycles. The van der Waals surface area contributed by atoms with Crippen molar-refractivity contribution in [1.29, 1.82) is 0 Å². The van der Waals surface area contributed by atoms with Crippen LogP contribution in [-0.4, -0.2) is 19.7 Å². The molecular formula is C18H27NO. The number of nitrogens with one attached hydrogen (secondary N) is 1. The molecule has 0 heterocycles. The lowest BCUT2D eigenvalue weighted by molar-refractivity contribution is 0.262. The van der Waals surface area contributed by atoms with Gasteiger partial charge >= 0.3 is 0 Å². The summed E-state index contributed by atoms with van der Waals surface area (Å²) in [6.45, 7) is 1.09. The van der Waals surface area contributed by atoms with Crippen molar-refractivity contribution in [1.82, 2.24) is 5.32 Å². The van der Waals surface area contributed by atoms with Crippen molar-refractivity contribution < 1.29 is 4.74 Å². The van der Waals surface area contributed by atoms with E-state index in [0.717, 1.165) is 36.6 Å². The molecular weight excluding hydrogens is 246 g/mol. The normalized spacial score (nSPS) is 26.4. The van der Waals surface area contributed by atoms with Crippen molar-refractivity contribution in [2.24, 2.45) is 11.8 Å². The summed E-state index contributed by atoms with van der Waals surface area (Å²) >= 11 is 0. The highest BCUT2D eigenvalue weighted by Gasteiger charge is 2.34. The van der Waals surface area contributed by atoms with Gasteiger partial charge in [0.1, 0.15) is 5.75 Å². The minimum Gasteiger partial charge on any atom is -0.497 e. The van der Waals surface area contributed by atoms with Crippen molar-refractivity contribution in [2.75, 3.05) is 13.7 Å². The van der Waals surface area contributed by atoms with Crippen LogP contribution in [-0.2, 0) is 6.42 Å². The average Bonchev–Trinajstić information content (AvgIpc) is 3.33. The molecule has 0 amide bonds. The number of hydrogen-bond acceptors (Lipinski definition) is 2. The number of hydrogen-bond donors (Lipinski definition) is 1. The predicted molar refractivity (Wildman–Crippen MR) is 83.2 cm³/mol. The Labute approximate surface area is 122 Å². The maximum Gasteiger partial charge on any atom is 0.119 e. The molecule has 0 saturated heterocycles. The molecule has 2 heteroatoms. The van der Waals surface area contributed by atoms with Crippen LogP contribution in [0.15, 0.2) is 24.3 Å². The summed E-state index contributed by atoms with van der Waals surface area (Å²) in [5, 5.41) is 3.78. The monoisotopic (exact) mass is 273 g/mol. The first-order chi connectivity index (χ1) is 9.85. The quantitative estimate of drug-likeness (QED) is 0.851. The van der Waals surface area contributed by atoms with E-state index in [2.05, 4.69) is 23.5 Å². The third kappa shape index (κ3) is 3.76. The molecule has 0 radical (unpaired) electrons. The van der Waals surface area contributed by atoms with Gasteiger partial charge in [-0.25, -0.2) is 0 Å². The van der Waals surface area contributed by atoms with E-state index in [1.165, 1.54) is 44.1 Å². The summed E-state index contributed by atoms with van der Waals surface area (Å²) < 4.78 is 5.28. The van der Waals surface area contributed by atoms with Gasteiger partial charge in [-0.3, -0.25) is 0 Å². The Bertz CT molecular complexity index is 427. The van der Waals surface area contributed by atoms with Gasteiger partial charge in [-0.1, -0.05) is 25.0 Å². The summed E-state index contributed by atoms with van der Waals surface area (Å²) in [5.74, 6) is 3.07. The smallest absolute Gasteiger partial charge is 0.119 e. The Morgan fingerprint density at radius 2 is 2.05 bits per heavy atom. The van der Waals surface area contributed by atoms with Crippen molar-refractivity contribution in [3.05, 3.63) is 29.8 Å². The number of benzene rings is 1. The highest BCUT2D eigenvalue weighted by atomic mass is 16.5. The largest absolute Gasteiger partial charge is 0.497 e. The zero-order chi connectivity index (χ0) is 13.8. The van der Waals surface area contributed by atoms with Crippen LogP contribution in [0.25, 0.3) is 0 Å². The first-order valence-electron chi connectivity index (χ1n) is 8.21. The third-order valence-electron chi connectivity index (χ3n) is 4.98. The topological polar surface area (TPSA) is 21.3 Å². The molecule has 2 fully saturated rings. The Kier molecular flexibility index (Phi) is 4.62. The maximum absolute atomic E-state index is 5.28. The molecule has 0 aliphatic heterocycles. The fraction of sp³-hybridized carbons (Fsp3) is 0.667. The van der Waals surface area contributed by atoms with E-state index in [0.29, 0.717) is 0 Å². The van der Waals surface area contributed by atoms with Gasteiger partial charge in [-0.05, 0) is 68.2 Å². The van der Waals surface area contributed by atoms with Gasteiger partial charge in [0.05, 0.1) is 7.11 Å². The van der Waals surface area contributed by atoms with E-state index in [9.17, 15) is 0 Å². The van der Waals surface area contributed by atoms with Crippen LogP contribution in [0, 0.1) is 11.8 Å². The van der Waals surface area contributed by atoms with Crippen LogP contribution in [0.4, 0.5) is 0 Å². The van der Waals surface area contributed by atoms with Crippen LogP contribution < -0.4 is 10.1 Å². The van der Waals surface area contributed by atoms with E-state index in [-0.39, 0.29) is 0 Å². The second-order valence-corrected chi connectivity index (χ2v) is 6.52. The molecule has 0 bridgehead atoms. The van der Waals surface area contributed by atoms with E-state index >= 15 is 0 Å². The SMILES string of the molecule is COc1cccc(CCNC2CCCC(C3CC3)C2)c1. The number of rotatable bonds is 6. The fourth-order valence-electron chi connectivity index (χ4n) is 3.66. The standard InChI is InChI=1S/C18H27NO/c1-20-18-7-2-4-14(12-18)10-11-19-17-6-3-5-16(13-17)15-8-9-15/h2,4,7,12,15-17,19H,3,5-6,8-11,13H2,1H3. The van der Waals surface area contributed by atoms with E-state index < -0.39 is 0 Å². The zero-order valence-corrected chi connectivity index (χ0v) is 12.6. The van der Waals surface area contributed by atoms with Crippen molar-refractivity contribution in [2.45, 2.75) is 51.0 Å². The second kappa shape index (κ2) is 6.62. The highest BCUT2D eigenvalue weighted by molar-refractivity contribution is 5.28. The molecule has 2 unspecified atom stereocenters. The van der Waals surface area contributed by atoms with Crippen molar-refractivity contribution >= 4 is 0 Å². The van der Waals surface area contributed by atoms with Gasteiger partial charge in [0.25, 0.3) is 0 Å². The molecule has 3 rings (SSSR count). The minimum absolute atomic E-state index is 0.764. The molecule has 110 valence electrons. The van der Waals surface area contributed by atoms with Crippen LogP contribution >= 0.6 is 0 Å². The summed E-state index contributed by atoms with van der Waals surface area (Å²) in [6, 6.07) is 9.20. The van der Waals surface area contributed by atoms with Gasteiger partial charge in [0, 0.05) is 6.04 Å². The predicted octanol–water partition coefficient (Wildman–Crippen LogP) is 3.80. The van der Waals surface area contributed by atoms with Gasteiger partial charge in [-0.2, -0.15) is 0 Å². The summed E-state index contributed by atoms with van der Waals surface area (Å²) in [7, 11) is 1.73. The summed E-state index contributed by atoms with van der Waals surface area (Å²) in [6.07, 6.45) is 9.81. The van der Waals surface area contributed by atoms with Crippen molar-refractivity contribution in [3.63, 3.8) is 0 Å². The first kappa shape index (κ1) is 13.9. The van der Waals surface area contributed by atoms with Gasteiger partial charge < -0.3 is 10.1 Å². The Hall–Kier alpha value is -1.02. The first-order valence-corrected chi connectivity index (χ1v) is 8.21. The van der Waals surface area contributed by atoms with Gasteiger partial charge in [-0.15, -0.1) is 0 Å². The van der Waals surface area contributed by atoms with Gasteiger partial charge in [0.15, 0.2) is 0 Å². The minimum atomic E-state index is 0.764. The van der Waals surface area contributed by atoms with Gasteiger partial charge in [0.2, 0.25) is 0 Å². The van der Waals surface area contributed by atoms with E-state index in [4.69, 9.17) is 4.74 Å². The molecule has 2 saturated carbocycles. The highest BCUT2D eigenvalue weighted by Crippen LogP contribution is 2.43. The molecule has 2 aliphatic rings. The molecule has 2 aliphatic carbocycles. The Morgan fingerprint density at radius 1 is 1.15 bits per heavy atom. The molecule has 1 aromatic rings.